The molecule has 0 aromatic carbocycles. The molecule has 0 aliphatic carbocycles. The molecule has 2 rings (SSSR count). The fraction of sp³-hybridized carbons (Fsp3) is 0.667. The van der Waals surface area contributed by atoms with E-state index in [4.69, 9.17) is 0 Å². The maximum absolute atomic E-state index is 12.1. The van der Waals surface area contributed by atoms with Gasteiger partial charge in [-0.05, 0) is 64.9 Å². The molecule has 8 heteroatoms. The monoisotopic (exact) mass is 516 g/mol. The Morgan fingerprint density at radius 2 is 1.93 bits per heavy atom. The van der Waals surface area contributed by atoms with E-state index in [-0.39, 0.29) is 29.9 Å². The van der Waals surface area contributed by atoms with Crippen LogP contribution in [0.3, 0.4) is 0 Å². The summed E-state index contributed by atoms with van der Waals surface area (Å²) in [6, 6.07) is 5.59. The number of amides is 1. The molecule has 1 aliphatic rings. The summed E-state index contributed by atoms with van der Waals surface area (Å²) >= 11 is 0. The van der Waals surface area contributed by atoms with Crippen LogP contribution in [0.2, 0.25) is 0 Å². The molecule has 0 radical (unpaired) electrons. The first-order chi connectivity index (χ1) is 13.7. The minimum Gasteiger partial charge on any atom is -0.357 e. The van der Waals surface area contributed by atoms with E-state index < -0.39 is 0 Å². The molecule has 1 fully saturated rings. The van der Waals surface area contributed by atoms with Gasteiger partial charge in [-0.3, -0.25) is 9.79 Å². The van der Waals surface area contributed by atoms with Gasteiger partial charge in [-0.2, -0.15) is 0 Å². The largest absolute Gasteiger partial charge is 0.357 e. The molecule has 1 amide bonds. The molecule has 0 saturated carbocycles. The first kappa shape index (κ1) is 25.6. The molecule has 1 aromatic heterocycles. The number of carbonyl (C=O) groups excluding carboxylic acids is 1. The van der Waals surface area contributed by atoms with Gasteiger partial charge in [0.2, 0.25) is 5.91 Å². The maximum Gasteiger partial charge on any atom is 0.227 e. The zero-order valence-corrected chi connectivity index (χ0v) is 20.2. The zero-order valence-electron chi connectivity index (χ0n) is 17.9. The van der Waals surface area contributed by atoms with Crippen molar-refractivity contribution >= 4 is 41.7 Å². The summed E-state index contributed by atoms with van der Waals surface area (Å²) in [5.41, 5.74) is 0.887. The van der Waals surface area contributed by atoms with Crippen LogP contribution >= 0.6 is 24.0 Å². The highest BCUT2D eigenvalue weighted by atomic mass is 127. The van der Waals surface area contributed by atoms with Crippen LogP contribution in [0.5, 0.6) is 0 Å². The van der Waals surface area contributed by atoms with Crippen LogP contribution in [0.4, 0.5) is 5.82 Å². The van der Waals surface area contributed by atoms with Gasteiger partial charge in [-0.25, -0.2) is 4.98 Å². The number of likely N-dealkylation sites (tertiary alicyclic amines) is 1. The lowest BCUT2D eigenvalue weighted by atomic mass is 10.2. The van der Waals surface area contributed by atoms with Gasteiger partial charge < -0.3 is 20.9 Å². The van der Waals surface area contributed by atoms with E-state index in [1.165, 1.54) is 38.8 Å². The molecule has 29 heavy (non-hydrogen) atoms. The van der Waals surface area contributed by atoms with Gasteiger partial charge in [0.25, 0.3) is 0 Å². The number of aliphatic imine (C=N–C) groups is 1. The predicted octanol–water partition coefficient (Wildman–Crippen LogP) is 3.16. The molecule has 1 aliphatic heterocycles. The predicted molar refractivity (Wildman–Crippen MR) is 131 cm³/mol. The minimum absolute atomic E-state index is 0. The van der Waals surface area contributed by atoms with Crippen LogP contribution in [-0.2, 0) is 4.79 Å². The summed E-state index contributed by atoms with van der Waals surface area (Å²) in [6.45, 7) is 9.67. The summed E-state index contributed by atoms with van der Waals surface area (Å²) in [5, 5.41) is 9.31. The number of pyridine rings is 1. The summed E-state index contributed by atoms with van der Waals surface area (Å²) in [4.78, 5) is 23.6. The molecule has 3 N–H and O–H groups in total. The first-order valence-electron chi connectivity index (χ1n) is 10.7. The maximum atomic E-state index is 12.1. The highest BCUT2D eigenvalue weighted by Gasteiger charge is 2.08. The Morgan fingerprint density at radius 1 is 1.17 bits per heavy atom. The molecule has 1 aromatic rings. The number of halogens is 1. The van der Waals surface area contributed by atoms with Gasteiger partial charge in [0.05, 0.1) is 0 Å². The normalized spacial score (nSPS) is 15.2. The Labute approximate surface area is 192 Å². The van der Waals surface area contributed by atoms with Crippen molar-refractivity contribution in [3.05, 3.63) is 23.9 Å². The lowest BCUT2D eigenvalue weighted by molar-refractivity contribution is -0.116. The SMILES string of the molecule is CCNC(=NCCCN1CCCCCC1)NCCC(=O)Nc1cccc(C)n1.I. The van der Waals surface area contributed by atoms with Crippen LogP contribution in [0.25, 0.3) is 0 Å². The van der Waals surface area contributed by atoms with E-state index in [0.717, 1.165) is 37.7 Å². The number of guanidine groups is 1. The standard InChI is InChI=1S/C21H36N6O.HI/c1-3-22-21(23-13-9-17-27-15-6-4-5-7-16-27)24-14-12-20(28)26-19-11-8-10-18(2)25-19;/h8,10-11H,3-7,9,12-17H2,1-2H3,(H2,22,23,24)(H,25,26,28);1H. The first-order valence-corrected chi connectivity index (χ1v) is 10.7. The molecule has 0 atom stereocenters. The Morgan fingerprint density at radius 3 is 2.62 bits per heavy atom. The second-order valence-electron chi connectivity index (χ2n) is 7.26. The third kappa shape index (κ3) is 11.4. The minimum atomic E-state index is -0.0531. The van der Waals surface area contributed by atoms with Crippen molar-refractivity contribution in [2.24, 2.45) is 4.99 Å². The number of aromatic nitrogens is 1. The van der Waals surface area contributed by atoms with Crippen LogP contribution in [-0.4, -0.2) is 61.0 Å². The van der Waals surface area contributed by atoms with Crippen molar-refractivity contribution in [2.75, 3.05) is 44.6 Å². The molecule has 2 heterocycles. The number of anilines is 1. The molecule has 0 spiro atoms. The lowest BCUT2D eigenvalue weighted by Crippen LogP contribution is -2.39. The quantitative estimate of drug-likeness (QED) is 0.203. The van der Waals surface area contributed by atoms with Gasteiger partial charge >= 0.3 is 0 Å². The number of hydrogen-bond donors (Lipinski definition) is 3. The fourth-order valence-electron chi connectivity index (χ4n) is 3.30. The number of nitrogens with one attached hydrogen (secondary N) is 3. The van der Waals surface area contributed by atoms with E-state index >= 15 is 0 Å². The molecule has 164 valence electrons. The van der Waals surface area contributed by atoms with Crippen LogP contribution < -0.4 is 16.0 Å². The molecule has 1 saturated heterocycles. The third-order valence-corrected chi connectivity index (χ3v) is 4.75. The smallest absolute Gasteiger partial charge is 0.227 e. The molecule has 0 bridgehead atoms. The Kier molecular flexibility index (Phi) is 13.6. The Bertz CT molecular complexity index is 617. The van der Waals surface area contributed by atoms with Crippen molar-refractivity contribution in [1.29, 1.82) is 0 Å². The highest BCUT2D eigenvalue weighted by Crippen LogP contribution is 2.09. The lowest BCUT2D eigenvalue weighted by Gasteiger charge is -2.19. The van der Waals surface area contributed by atoms with E-state index in [1.807, 2.05) is 26.0 Å². The number of carbonyl (C=O) groups is 1. The molecular formula is C21H37IN6O. The van der Waals surface area contributed by atoms with Crippen LogP contribution in [0.1, 0.15) is 51.1 Å². The van der Waals surface area contributed by atoms with Crippen molar-refractivity contribution in [3.63, 3.8) is 0 Å². The van der Waals surface area contributed by atoms with Crippen molar-refractivity contribution in [1.82, 2.24) is 20.5 Å². The average Bonchev–Trinajstić information content (AvgIpc) is 2.94. The molecule has 0 unspecified atom stereocenters. The number of hydrogen-bond acceptors (Lipinski definition) is 4. The van der Waals surface area contributed by atoms with Gasteiger partial charge in [-0.15, -0.1) is 24.0 Å². The van der Waals surface area contributed by atoms with Gasteiger partial charge in [0, 0.05) is 31.7 Å². The summed E-state index contributed by atoms with van der Waals surface area (Å²) in [5.74, 6) is 1.32. The average molecular weight is 516 g/mol. The van der Waals surface area contributed by atoms with Crippen molar-refractivity contribution in [2.45, 2.75) is 52.4 Å². The van der Waals surface area contributed by atoms with E-state index in [2.05, 4.69) is 30.8 Å². The third-order valence-electron chi connectivity index (χ3n) is 4.75. The second-order valence-corrected chi connectivity index (χ2v) is 7.26. The summed E-state index contributed by atoms with van der Waals surface area (Å²) in [6.07, 6.45) is 6.83. The Hall–Kier alpha value is -1.42. The van der Waals surface area contributed by atoms with Crippen molar-refractivity contribution < 1.29 is 4.79 Å². The summed E-state index contributed by atoms with van der Waals surface area (Å²) in [7, 11) is 0. The van der Waals surface area contributed by atoms with E-state index in [1.54, 1.807) is 6.07 Å². The molecule has 7 nitrogen and oxygen atoms in total. The fourth-order valence-corrected chi connectivity index (χ4v) is 3.30. The van der Waals surface area contributed by atoms with Gasteiger partial charge in [0.15, 0.2) is 5.96 Å². The topological polar surface area (TPSA) is 81.7 Å². The van der Waals surface area contributed by atoms with Gasteiger partial charge in [0.1, 0.15) is 5.82 Å². The van der Waals surface area contributed by atoms with Gasteiger partial charge in [-0.1, -0.05) is 18.9 Å². The second kappa shape index (κ2) is 15.4. The number of aryl methyl sites for hydroxylation is 1. The van der Waals surface area contributed by atoms with Crippen LogP contribution in [0, 0.1) is 6.92 Å². The number of nitrogens with zero attached hydrogens (tertiary/aromatic N) is 3. The van der Waals surface area contributed by atoms with E-state index in [0.29, 0.717) is 18.8 Å². The Balaban J connectivity index is 0.00000420. The number of rotatable bonds is 9. The van der Waals surface area contributed by atoms with Crippen LogP contribution in [0.15, 0.2) is 23.2 Å². The van der Waals surface area contributed by atoms with E-state index in [9.17, 15) is 4.79 Å². The zero-order chi connectivity index (χ0) is 20.0. The molecular weight excluding hydrogens is 479 g/mol. The summed E-state index contributed by atoms with van der Waals surface area (Å²) < 4.78 is 0. The van der Waals surface area contributed by atoms with Crippen molar-refractivity contribution in [3.8, 4) is 0 Å². The highest BCUT2D eigenvalue weighted by molar-refractivity contribution is 14.0.